The van der Waals surface area contributed by atoms with Crippen molar-refractivity contribution < 1.29 is 45.7 Å². The van der Waals surface area contributed by atoms with E-state index in [1.54, 1.807) is 18.2 Å². The number of benzene rings is 1. The fourth-order valence-electron chi connectivity index (χ4n) is 4.21. The Morgan fingerprint density at radius 1 is 1.30 bits per heavy atom. The number of allylic oxidation sites excluding steroid dienone is 1. The number of aliphatic hydroxyl groups is 1. The average molecular weight is 587 g/mol. The molecule has 3 rings (SSSR count). The second-order valence-corrected chi connectivity index (χ2v) is 11.3. The first kappa shape index (κ1) is 31.2. The van der Waals surface area contributed by atoms with Crippen molar-refractivity contribution in [3.05, 3.63) is 47.2 Å². The number of nitrogens with zero attached hydrogens (tertiary/aromatic N) is 2. The number of rotatable bonds is 11. The molecule has 0 spiro atoms. The lowest BCUT2D eigenvalue weighted by atomic mass is 9.98. The maximum absolute atomic E-state index is 14.1. The average Bonchev–Trinajstić information content (AvgIpc) is 2.92. The topological polar surface area (TPSA) is 115 Å². The van der Waals surface area contributed by atoms with E-state index in [0.29, 0.717) is 17.8 Å². The Labute approximate surface area is 231 Å². The van der Waals surface area contributed by atoms with E-state index in [4.69, 9.17) is 14.6 Å². The normalized spacial score (nSPS) is 16.0. The number of sulfonamides is 1. The van der Waals surface area contributed by atoms with Crippen LogP contribution in [0.2, 0.25) is 0 Å². The van der Waals surface area contributed by atoms with Crippen molar-refractivity contribution >= 4 is 27.8 Å². The van der Waals surface area contributed by atoms with E-state index in [2.05, 4.69) is 9.72 Å². The second kappa shape index (κ2) is 12.9. The van der Waals surface area contributed by atoms with Crippen LogP contribution >= 0.6 is 0 Å². The molecular weight excluding hydrogens is 553 g/mol. The van der Waals surface area contributed by atoms with Gasteiger partial charge in [-0.25, -0.2) is 13.4 Å². The Hall–Kier alpha value is -3.32. The molecule has 13 heteroatoms. The molecule has 0 saturated carbocycles. The van der Waals surface area contributed by atoms with E-state index in [0.717, 1.165) is 16.3 Å². The van der Waals surface area contributed by atoms with E-state index >= 15 is 0 Å². The number of pyridine rings is 1. The van der Waals surface area contributed by atoms with Gasteiger partial charge in [0.1, 0.15) is 18.5 Å². The van der Waals surface area contributed by atoms with Gasteiger partial charge in [-0.15, -0.1) is 0 Å². The highest BCUT2D eigenvalue weighted by atomic mass is 32.2. The monoisotopic (exact) mass is 586 g/mol. The standard InChI is InChI=1S/C27H33F3N2O7S/c1-5-19(17(2)3)12-18-6-8-23-22(13-18)32(16-21(39-23)7-9-25(34)37-4)40(35,36)24-14-20(27(28,29)30)15-31-26(24)38-11-10-33/h6,8,12-15,17,21,33H,5,7,9-11,16H2,1-4H3/b19-12+/t21-/m0/s1. The summed E-state index contributed by atoms with van der Waals surface area (Å²) < 4.78 is 85.7. The van der Waals surface area contributed by atoms with Gasteiger partial charge in [0.05, 0.1) is 31.5 Å². The number of carbonyl (C=O) groups excluding carboxylic acids is 1. The van der Waals surface area contributed by atoms with E-state index < -0.39 is 51.2 Å². The van der Waals surface area contributed by atoms with Crippen molar-refractivity contribution in [1.82, 2.24) is 4.98 Å². The molecular formula is C27H33F3N2O7S. The zero-order valence-corrected chi connectivity index (χ0v) is 23.5. The van der Waals surface area contributed by atoms with Gasteiger partial charge in [0.2, 0.25) is 5.88 Å². The summed E-state index contributed by atoms with van der Waals surface area (Å²) in [6, 6.07) is 5.41. The van der Waals surface area contributed by atoms with Gasteiger partial charge >= 0.3 is 12.1 Å². The van der Waals surface area contributed by atoms with Gasteiger partial charge < -0.3 is 19.3 Å². The lowest BCUT2D eigenvalue weighted by Crippen LogP contribution is -2.44. The predicted molar refractivity (Wildman–Crippen MR) is 142 cm³/mol. The summed E-state index contributed by atoms with van der Waals surface area (Å²) in [4.78, 5) is 14.5. The van der Waals surface area contributed by atoms with Crippen LogP contribution in [-0.2, 0) is 25.7 Å². The van der Waals surface area contributed by atoms with Crippen molar-refractivity contribution in [1.29, 1.82) is 0 Å². The van der Waals surface area contributed by atoms with Crippen LogP contribution in [0.4, 0.5) is 18.9 Å². The maximum Gasteiger partial charge on any atom is 0.417 e. The van der Waals surface area contributed by atoms with Crippen molar-refractivity contribution in [2.45, 2.75) is 57.2 Å². The molecule has 220 valence electrons. The molecule has 0 amide bonds. The van der Waals surface area contributed by atoms with Gasteiger partial charge in [-0.1, -0.05) is 38.5 Å². The van der Waals surface area contributed by atoms with Crippen LogP contribution in [0.1, 0.15) is 51.2 Å². The molecule has 0 saturated heterocycles. The minimum Gasteiger partial charge on any atom is -0.486 e. The highest BCUT2D eigenvalue weighted by molar-refractivity contribution is 7.93. The smallest absolute Gasteiger partial charge is 0.417 e. The van der Waals surface area contributed by atoms with E-state index in [-0.39, 0.29) is 43.3 Å². The first-order valence-electron chi connectivity index (χ1n) is 12.7. The molecule has 9 nitrogen and oxygen atoms in total. The van der Waals surface area contributed by atoms with E-state index in [1.807, 2.05) is 26.8 Å². The number of hydrogen-bond donors (Lipinski definition) is 1. The van der Waals surface area contributed by atoms with Crippen LogP contribution in [0.25, 0.3) is 6.08 Å². The second-order valence-electron chi connectivity index (χ2n) is 9.44. The SMILES string of the molecule is CC/C(=C\c1ccc2c(c1)N(S(=O)(=O)c1cc(C(F)(F)F)cnc1OCCO)C[C@H](CCC(=O)OC)O2)C(C)C. The number of carbonyl (C=O) groups is 1. The summed E-state index contributed by atoms with van der Waals surface area (Å²) in [6.07, 6.45) is -2.46. The van der Waals surface area contributed by atoms with Crippen LogP contribution in [0.3, 0.4) is 0 Å². The molecule has 0 unspecified atom stereocenters. The molecule has 1 aromatic carbocycles. The Morgan fingerprint density at radius 3 is 2.62 bits per heavy atom. The van der Waals surface area contributed by atoms with Gasteiger partial charge in [0.15, 0.2) is 4.90 Å². The number of methoxy groups -OCH3 is 1. The molecule has 0 bridgehead atoms. The minimum atomic E-state index is -4.87. The quantitative estimate of drug-likeness (QED) is 0.373. The highest BCUT2D eigenvalue weighted by Crippen LogP contribution is 2.41. The van der Waals surface area contributed by atoms with Crippen LogP contribution < -0.4 is 13.8 Å². The van der Waals surface area contributed by atoms with Gasteiger partial charge in [-0.3, -0.25) is 9.10 Å². The van der Waals surface area contributed by atoms with Crippen molar-refractivity contribution in [2.24, 2.45) is 5.92 Å². The van der Waals surface area contributed by atoms with Gasteiger partial charge in [-0.2, -0.15) is 13.2 Å². The van der Waals surface area contributed by atoms with Crippen LogP contribution in [0.5, 0.6) is 11.6 Å². The van der Waals surface area contributed by atoms with Crippen molar-refractivity contribution in [3.63, 3.8) is 0 Å². The lowest BCUT2D eigenvalue weighted by molar-refractivity contribution is -0.141. The molecule has 0 fully saturated rings. The van der Waals surface area contributed by atoms with Crippen LogP contribution in [0, 0.1) is 5.92 Å². The van der Waals surface area contributed by atoms with E-state index in [9.17, 15) is 26.4 Å². The Morgan fingerprint density at radius 2 is 2.02 bits per heavy atom. The lowest BCUT2D eigenvalue weighted by Gasteiger charge is -2.36. The molecule has 1 atom stereocenters. The van der Waals surface area contributed by atoms with Gasteiger partial charge in [0.25, 0.3) is 10.0 Å². The van der Waals surface area contributed by atoms with Gasteiger partial charge in [0, 0.05) is 12.6 Å². The molecule has 40 heavy (non-hydrogen) atoms. The molecule has 1 N–H and O–H groups in total. The number of alkyl halides is 3. The zero-order chi connectivity index (χ0) is 29.7. The summed E-state index contributed by atoms with van der Waals surface area (Å²) in [5.41, 5.74) is 0.635. The van der Waals surface area contributed by atoms with Crippen LogP contribution in [0.15, 0.2) is 40.9 Å². The van der Waals surface area contributed by atoms with Crippen LogP contribution in [-0.4, -0.2) is 57.4 Å². The molecule has 2 aromatic rings. The number of hydrogen-bond acceptors (Lipinski definition) is 8. The first-order chi connectivity index (χ1) is 18.8. The third-order valence-corrected chi connectivity index (χ3v) is 8.13. The number of aliphatic hydroxyl groups excluding tert-OH is 1. The third kappa shape index (κ3) is 7.25. The number of halogens is 3. The number of ether oxygens (including phenoxy) is 3. The number of fused-ring (bicyclic) bond motifs is 1. The zero-order valence-electron chi connectivity index (χ0n) is 22.7. The van der Waals surface area contributed by atoms with Crippen molar-refractivity contribution in [2.75, 3.05) is 31.2 Å². The van der Waals surface area contributed by atoms with Gasteiger partial charge in [-0.05, 0) is 42.5 Å². The minimum absolute atomic E-state index is 0.0601. The van der Waals surface area contributed by atoms with E-state index in [1.165, 1.54) is 7.11 Å². The molecule has 0 aliphatic carbocycles. The Balaban J connectivity index is 2.18. The Bertz CT molecular complexity index is 1340. The Kier molecular flexibility index (Phi) is 10.1. The molecule has 1 aromatic heterocycles. The fourth-order valence-corrected chi connectivity index (χ4v) is 5.82. The predicted octanol–water partition coefficient (Wildman–Crippen LogP) is 4.83. The fraction of sp³-hybridized carbons (Fsp3) is 0.481. The number of anilines is 1. The summed E-state index contributed by atoms with van der Waals surface area (Å²) in [7, 11) is -3.49. The summed E-state index contributed by atoms with van der Waals surface area (Å²) in [5, 5.41) is 9.15. The number of esters is 1. The first-order valence-corrected chi connectivity index (χ1v) is 14.2. The van der Waals surface area contributed by atoms with Crippen molar-refractivity contribution in [3.8, 4) is 11.6 Å². The maximum atomic E-state index is 14.1. The summed E-state index contributed by atoms with van der Waals surface area (Å²) >= 11 is 0. The molecule has 2 heterocycles. The largest absolute Gasteiger partial charge is 0.486 e. The summed E-state index contributed by atoms with van der Waals surface area (Å²) in [6.45, 7) is 4.89. The molecule has 1 aliphatic rings. The molecule has 1 aliphatic heterocycles. The number of aromatic nitrogens is 1. The highest BCUT2D eigenvalue weighted by Gasteiger charge is 2.39. The molecule has 0 radical (unpaired) electrons. The third-order valence-electron chi connectivity index (χ3n) is 6.36. The summed E-state index contributed by atoms with van der Waals surface area (Å²) in [5.74, 6) is -0.679.